The molecule has 0 saturated carbocycles. The average molecular weight is 211 g/mol. The monoisotopic (exact) mass is 211 g/mol. The summed E-state index contributed by atoms with van der Waals surface area (Å²) in [4.78, 5) is 10.1. The predicted octanol–water partition coefficient (Wildman–Crippen LogP) is 3.26. The maximum absolute atomic E-state index is 13.3. The van der Waals surface area contributed by atoms with Gasteiger partial charge in [-0.25, -0.2) is 4.39 Å². The minimum Gasteiger partial charge on any atom is -0.258 e. The fourth-order valence-electron chi connectivity index (χ4n) is 1.38. The highest BCUT2D eigenvalue weighted by Gasteiger charge is 2.17. The van der Waals surface area contributed by atoms with Crippen molar-refractivity contribution < 1.29 is 9.31 Å². The molecule has 0 N–H and O–H groups in total. The van der Waals surface area contributed by atoms with Crippen LogP contribution in [-0.2, 0) is 0 Å². The molecule has 0 spiro atoms. The molecule has 0 unspecified atom stereocenters. The van der Waals surface area contributed by atoms with E-state index in [1.165, 1.54) is 17.4 Å². The van der Waals surface area contributed by atoms with E-state index in [2.05, 4.69) is 0 Å². The topological polar surface area (TPSA) is 43.1 Å². The fraction of sp³-hybridized carbons (Fsp3) is 0.111. The highest BCUT2D eigenvalue weighted by molar-refractivity contribution is 7.18. The minimum absolute atomic E-state index is 0.0282. The van der Waals surface area contributed by atoms with Gasteiger partial charge in [0.15, 0.2) is 0 Å². The average Bonchev–Trinajstić information content (AvgIpc) is 2.49. The largest absolute Gasteiger partial charge is 0.287 e. The number of hydrogen-bond acceptors (Lipinski definition) is 3. The predicted molar refractivity (Wildman–Crippen MR) is 53.2 cm³/mol. The Morgan fingerprint density at radius 1 is 1.50 bits per heavy atom. The molecule has 0 aliphatic heterocycles. The normalized spacial score (nSPS) is 10.7. The van der Waals surface area contributed by atoms with Crippen LogP contribution in [0, 0.1) is 22.9 Å². The van der Waals surface area contributed by atoms with Gasteiger partial charge in [0, 0.05) is 11.5 Å². The number of nitrogens with zero attached hydrogens (tertiary/aromatic N) is 1. The molecular weight excluding hydrogens is 205 g/mol. The number of non-ortho nitro benzene ring substituents is 1. The smallest absolute Gasteiger partial charge is 0.258 e. The summed E-state index contributed by atoms with van der Waals surface area (Å²) in [5, 5.41) is 12.7. The zero-order valence-corrected chi connectivity index (χ0v) is 8.10. The lowest BCUT2D eigenvalue weighted by Gasteiger charge is -1.95. The fourth-order valence-corrected chi connectivity index (χ4v) is 2.44. The Kier molecular flexibility index (Phi) is 1.96. The number of fused-ring (bicyclic) bond motifs is 1. The van der Waals surface area contributed by atoms with Crippen molar-refractivity contribution in [1.82, 2.24) is 0 Å². The van der Waals surface area contributed by atoms with E-state index in [1.807, 2.05) is 0 Å². The quantitative estimate of drug-likeness (QED) is 0.536. The molecule has 0 saturated heterocycles. The molecule has 0 atom stereocenters. The van der Waals surface area contributed by atoms with E-state index in [9.17, 15) is 14.5 Å². The lowest BCUT2D eigenvalue weighted by atomic mass is 10.1. The highest BCUT2D eigenvalue weighted by Crippen LogP contribution is 2.34. The summed E-state index contributed by atoms with van der Waals surface area (Å²) in [5.74, 6) is -0.399. The van der Waals surface area contributed by atoms with Crippen molar-refractivity contribution in [3.63, 3.8) is 0 Å². The number of nitro groups is 1. The molecule has 0 aliphatic rings. The first-order valence-corrected chi connectivity index (χ1v) is 4.80. The van der Waals surface area contributed by atoms with Crippen LogP contribution in [0.25, 0.3) is 10.1 Å². The molecule has 0 bridgehead atoms. The second kappa shape index (κ2) is 3.02. The van der Waals surface area contributed by atoms with Crippen LogP contribution < -0.4 is 0 Å². The van der Waals surface area contributed by atoms with Gasteiger partial charge in [-0.2, -0.15) is 0 Å². The van der Waals surface area contributed by atoms with Gasteiger partial charge in [0.05, 0.1) is 4.92 Å². The van der Waals surface area contributed by atoms with Crippen molar-refractivity contribution in [2.45, 2.75) is 6.92 Å². The number of aryl methyl sites for hydroxylation is 1. The molecule has 2 aromatic rings. The van der Waals surface area contributed by atoms with Crippen LogP contribution >= 0.6 is 11.3 Å². The van der Waals surface area contributed by atoms with Crippen molar-refractivity contribution in [3.05, 3.63) is 39.0 Å². The highest BCUT2D eigenvalue weighted by atomic mass is 32.1. The van der Waals surface area contributed by atoms with Gasteiger partial charge in [-0.3, -0.25) is 10.1 Å². The second-order valence-corrected chi connectivity index (χ2v) is 3.83. The number of thiophene rings is 1. The van der Waals surface area contributed by atoms with Gasteiger partial charge in [0.1, 0.15) is 10.5 Å². The SMILES string of the molecule is Cc1csc2c([N+](=O)[O-])ccc(F)c12. The van der Waals surface area contributed by atoms with E-state index < -0.39 is 10.7 Å². The summed E-state index contributed by atoms with van der Waals surface area (Å²) >= 11 is 1.20. The van der Waals surface area contributed by atoms with Crippen LogP contribution in [-0.4, -0.2) is 4.92 Å². The first-order valence-electron chi connectivity index (χ1n) is 3.92. The number of nitro benzene ring substituents is 1. The van der Waals surface area contributed by atoms with Gasteiger partial charge in [-0.1, -0.05) is 0 Å². The van der Waals surface area contributed by atoms with Crippen molar-refractivity contribution in [3.8, 4) is 0 Å². The molecule has 72 valence electrons. The Bertz CT molecular complexity index is 521. The Morgan fingerprint density at radius 3 is 2.86 bits per heavy atom. The first kappa shape index (κ1) is 9.08. The summed E-state index contributed by atoms with van der Waals surface area (Å²) < 4.78 is 13.7. The summed E-state index contributed by atoms with van der Waals surface area (Å²) in [6.07, 6.45) is 0. The third kappa shape index (κ3) is 1.17. The van der Waals surface area contributed by atoms with Crippen molar-refractivity contribution in [2.24, 2.45) is 0 Å². The Hall–Kier alpha value is -1.49. The van der Waals surface area contributed by atoms with Crippen molar-refractivity contribution in [2.75, 3.05) is 0 Å². The van der Waals surface area contributed by atoms with E-state index in [0.29, 0.717) is 10.1 Å². The third-order valence-electron chi connectivity index (χ3n) is 2.03. The summed E-state index contributed by atoms with van der Waals surface area (Å²) in [6, 6.07) is 2.34. The van der Waals surface area contributed by atoms with E-state index >= 15 is 0 Å². The van der Waals surface area contributed by atoms with Gasteiger partial charge >= 0.3 is 0 Å². The van der Waals surface area contributed by atoms with E-state index in [0.717, 1.165) is 11.6 Å². The molecule has 1 heterocycles. The molecule has 1 aromatic heterocycles. The Labute approximate surface area is 82.9 Å². The lowest BCUT2D eigenvalue weighted by Crippen LogP contribution is -1.89. The standard InChI is InChI=1S/C9H6FNO2S/c1-5-4-14-9-7(11(12)13)3-2-6(10)8(5)9/h2-4H,1H3. The summed E-state index contributed by atoms with van der Waals surface area (Å²) in [5.41, 5.74) is 0.714. The molecule has 5 heteroatoms. The van der Waals surface area contributed by atoms with E-state index in [-0.39, 0.29) is 5.69 Å². The maximum atomic E-state index is 13.3. The molecule has 0 radical (unpaired) electrons. The van der Waals surface area contributed by atoms with E-state index in [1.54, 1.807) is 12.3 Å². The molecule has 3 nitrogen and oxygen atoms in total. The molecule has 0 amide bonds. The maximum Gasteiger partial charge on any atom is 0.287 e. The van der Waals surface area contributed by atoms with Crippen LogP contribution in [0.1, 0.15) is 5.56 Å². The van der Waals surface area contributed by atoms with Crippen LogP contribution in [0.15, 0.2) is 17.5 Å². The van der Waals surface area contributed by atoms with Gasteiger partial charge < -0.3 is 0 Å². The Morgan fingerprint density at radius 2 is 2.21 bits per heavy atom. The molecule has 14 heavy (non-hydrogen) atoms. The number of benzene rings is 1. The Balaban J connectivity index is 2.90. The molecule has 2 rings (SSSR count). The van der Waals surface area contributed by atoms with Gasteiger partial charge in [0.2, 0.25) is 0 Å². The molecular formula is C9H6FNO2S. The van der Waals surface area contributed by atoms with Crippen LogP contribution in [0.5, 0.6) is 0 Å². The summed E-state index contributed by atoms with van der Waals surface area (Å²) in [6.45, 7) is 1.74. The number of hydrogen-bond donors (Lipinski definition) is 0. The second-order valence-electron chi connectivity index (χ2n) is 2.95. The van der Waals surface area contributed by atoms with Crippen molar-refractivity contribution >= 4 is 27.1 Å². The first-order chi connectivity index (χ1) is 6.61. The molecule has 1 aromatic carbocycles. The van der Waals surface area contributed by atoms with Crippen LogP contribution in [0.3, 0.4) is 0 Å². The lowest BCUT2D eigenvalue weighted by molar-refractivity contribution is -0.382. The van der Waals surface area contributed by atoms with Gasteiger partial charge in [0.25, 0.3) is 5.69 Å². The minimum atomic E-state index is -0.488. The molecule has 0 aliphatic carbocycles. The van der Waals surface area contributed by atoms with Gasteiger partial charge in [-0.05, 0) is 23.9 Å². The summed E-state index contributed by atoms with van der Waals surface area (Å²) in [7, 11) is 0. The van der Waals surface area contributed by atoms with Crippen LogP contribution in [0.4, 0.5) is 10.1 Å². The van der Waals surface area contributed by atoms with E-state index in [4.69, 9.17) is 0 Å². The third-order valence-corrected chi connectivity index (χ3v) is 3.15. The van der Waals surface area contributed by atoms with Crippen molar-refractivity contribution in [1.29, 1.82) is 0 Å². The zero-order chi connectivity index (χ0) is 10.3. The van der Waals surface area contributed by atoms with Gasteiger partial charge in [-0.15, -0.1) is 11.3 Å². The zero-order valence-electron chi connectivity index (χ0n) is 7.28. The number of rotatable bonds is 1. The number of halogens is 1. The van der Waals surface area contributed by atoms with Crippen LogP contribution in [0.2, 0.25) is 0 Å². The molecule has 0 fully saturated rings.